The minimum atomic E-state index is -1.59. The van der Waals surface area contributed by atoms with Gasteiger partial charge in [-0.1, -0.05) is 6.07 Å². The third kappa shape index (κ3) is 1.74. The molecule has 5 heteroatoms. The van der Waals surface area contributed by atoms with E-state index in [9.17, 15) is 9.90 Å². The van der Waals surface area contributed by atoms with Crippen LogP contribution in [0.5, 0.6) is 11.5 Å². The van der Waals surface area contributed by atoms with Crippen molar-refractivity contribution in [1.82, 2.24) is 0 Å². The van der Waals surface area contributed by atoms with Gasteiger partial charge in [0.25, 0.3) is 0 Å². The van der Waals surface area contributed by atoms with Crippen LogP contribution in [-0.2, 0) is 10.4 Å². The van der Waals surface area contributed by atoms with Crippen LogP contribution in [0.1, 0.15) is 12.5 Å². The summed E-state index contributed by atoms with van der Waals surface area (Å²) in [6.45, 7) is 1.57. The van der Waals surface area contributed by atoms with Crippen molar-refractivity contribution in [3.63, 3.8) is 0 Å². The summed E-state index contributed by atoms with van der Waals surface area (Å²) >= 11 is 5.44. The zero-order valence-corrected chi connectivity index (χ0v) is 9.45. The zero-order chi connectivity index (χ0) is 11.8. The van der Waals surface area contributed by atoms with Crippen LogP contribution in [0.25, 0.3) is 0 Å². The van der Waals surface area contributed by atoms with Gasteiger partial charge in [0.05, 0.1) is 5.88 Å². The maximum Gasteiger partial charge on any atom is 0.231 e. The fourth-order valence-electron chi connectivity index (χ4n) is 1.49. The van der Waals surface area contributed by atoms with Gasteiger partial charge in [-0.2, -0.15) is 0 Å². The van der Waals surface area contributed by atoms with E-state index in [1.54, 1.807) is 18.2 Å². The summed E-state index contributed by atoms with van der Waals surface area (Å²) in [6.07, 6.45) is 0. The summed E-state index contributed by atoms with van der Waals surface area (Å²) < 4.78 is 10.3. The summed E-state index contributed by atoms with van der Waals surface area (Å²) in [7, 11) is 0. The molecule has 0 fully saturated rings. The molecule has 1 N–H and O–H groups in total. The van der Waals surface area contributed by atoms with Crippen LogP contribution in [-0.4, -0.2) is 23.6 Å². The standard InChI is InChI=1S/C11H11ClO4/c1-11(14,10(13)5-12)7-2-3-8-9(4-7)16-6-15-8/h2-4,14H,5-6H2,1H3. The topological polar surface area (TPSA) is 55.8 Å². The van der Waals surface area contributed by atoms with Crippen molar-refractivity contribution in [1.29, 1.82) is 0 Å². The molecule has 1 aliphatic rings. The van der Waals surface area contributed by atoms with E-state index in [1.165, 1.54) is 6.92 Å². The Labute approximate surface area is 97.7 Å². The molecule has 0 aromatic heterocycles. The second kappa shape index (κ2) is 3.96. The average molecular weight is 243 g/mol. The number of halogens is 1. The van der Waals surface area contributed by atoms with E-state index in [4.69, 9.17) is 21.1 Å². The number of fused-ring (bicyclic) bond motifs is 1. The van der Waals surface area contributed by atoms with Gasteiger partial charge in [-0.15, -0.1) is 11.6 Å². The normalized spacial score (nSPS) is 16.9. The van der Waals surface area contributed by atoms with Gasteiger partial charge in [-0.25, -0.2) is 0 Å². The zero-order valence-electron chi connectivity index (χ0n) is 8.70. The van der Waals surface area contributed by atoms with Crippen LogP contribution in [0.15, 0.2) is 18.2 Å². The van der Waals surface area contributed by atoms with Crippen molar-refractivity contribution in [3.05, 3.63) is 23.8 Å². The number of ketones is 1. The van der Waals surface area contributed by atoms with Gasteiger partial charge < -0.3 is 14.6 Å². The molecule has 16 heavy (non-hydrogen) atoms. The molecular formula is C11H11ClO4. The molecule has 1 aliphatic heterocycles. The number of Topliss-reactive ketones (excluding diaryl/α,β-unsaturated/α-hetero) is 1. The van der Waals surface area contributed by atoms with E-state index in [1.807, 2.05) is 0 Å². The maximum absolute atomic E-state index is 11.5. The van der Waals surface area contributed by atoms with Gasteiger partial charge in [0.2, 0.25) is 6.79 Å². The lowest BCUT2D eigenvalue weighted by Crippen LogP contribution is -2.33. The molecule has 0 saturated carbocycles. The first kappa shape index (κ1) is 11.2. The lowest BCUT2D eigenvalue weighted by molar-refractivity contribution is -0.133. The van der Waals surface area contributed by atoms with Crippen molar-refractivity contribution in [2.24, 2.45) is 0 Å². The minimum Gasteiger partial charge on any atom is -0.454 e. The molecule has 0 spiro atoms. The number of aliphatic hydroxyl groups is 1. The molecule has 0 aliphatic carbocycles. The predicted molar refractivity (Wildman–Crippen MR) is 57.9 cm³/mol. The molecule has 4 nitrogen and oxygen atoms in total. The van der Waals surface area contributed by atoms with E-state index in [0.717, 1.165) is 0 Å². The molecule has 1 aromatic rings. The second-order valence-corrected chi connectivity index (χ2v) is 3.96. The van der Waals surface area contributed by atoms with Gasteiger partial charge in [-0.05, 0) is 24.6 Å². The van der Waals surface area contributed by atoms with Crippen LogP contribution in [0.4, 0.5) is 0 Å². The number of alkyl halides is 1. The summed E-state index contributed by atoms with van der Waals surface area (Å²) in [4.78, 5) is 11.5. The van der Waals surface area contributed by atoms with E-state index < -0.39 is 11.4 Å². The summed E-state index contributed by atoms with van der Waals surface area (Å²) in [6, 6.07) is 4.87. The smallest absolute Gasteiger partial charge is 0.231 e. The third-order valence-corrected chi connectivity index (χ3v) is 2.84. The van der Waals surface area contributed by atoms with Crippen LogP contribution in [0.3, 0.4) is 0 Å². The Bertz CT molecular complexity index is 428. The van der Waals surface area contributed by atoms with Crippen molar-refractivity contribution < 1.29 is 19.4 Å². The molecule has 0 bridgehead atoms. The van der Waals surface area contributed by atoms with Crippen molar-refractivity contribution in [2.75, 3.05) is 12.7 Å². The van der Waals surface area contributed by atoms with Crippen LogP contribution < -0.4 is 9.47 Å². The van der Waals surface area contributed by atoms with Gasteiger partial charge in [0.1, 0.15) is 5.60 Å². The summed E-state index contributed by atoms with van der Waals surface area (Å²) in [5.74, 6) is 0.451. The predicted octanol–water partition coefficient (Wildman–Crippen LogP) is 1.43. The first-order valence-electron chi connectivity index (χ1n) is 4.77. The van der Waals surface area contributed by atoms with Gasteiger partial charge in [0, 0.05) is 0 Å². The van der Waals surface area contributed by atoms with Gasteiger partial charge in [0.15, 0.2) is 17.3 Å². The van der Waals surface area contributed by atoms with E-state index in [0.29, 0.717) is 17.1 Å². The Hall–Kier alpha value is -1.26. The average Bonchev–Trinajstić information content (AvgIpc) is 2.74. The highest BCUT2D eigenvalue weighted by atomic mass is 35.5. The monoisotopic (exact) mass is 242 g/mol. The fourth-order valence-corrected chi connectivity index (χ4v) is 1.75. The Morgan fingerprint density at radius 1 is 1.50 bits per heavy atom. The lowest BCUT2D eigenvalue weighted by Gasteiger charge is -2.21. The fraction of sp³-hybridized carbons (Fsp3) is 0.364. The molecule has 0 saturated heterocycles. The molecule has 1 aromatic carbocycles. The largest absolute Gasteiger partial charge is 0.454 e. The number of benzene rings is 1. The van der Waals surface area contributed by atoms with Crippen molar-refractivity contribution in [3.8, 4) is 11.5 Å². The molecule has 1 atom stereocenters. The quantitative estimate of drug-likeness (QED) is 0.815. The number of hydrogen-bond donors (Lipinski definition) is 1. The van der Waals surface area contributed by atoms with Crippen molar-refractivity contribution >= 4 is 17.4 Å². The highest BCUT2D eigenvalue weighted by Gasteiger charge is 2.32. The SMILES string of the molecule is CC(O)(C(=O)CCl)c1ccc2c(c1)OCO2. The summed E-state index contributed by atoms with van der Waals surface area (Å²) in [5, 5.41) is 10.1. The first-order valence-corrected chi connectivity index (χ1v) is 5.31. The second-order valence-electron chi connectivity index (χ2n) is 3.70. The molecule has 1 unspecified atom stereocenters. The number of hydrogen-bond acceptors (Lipinski definition) is 4. The third-order valence-electron chi connectivity index (χ3n) is 2.60. The number of carbonyl (C=O) groups excluding carboxylic acids is 1. The maximum atomic E-state index is 11.5. The Morgan fingerprint density at radius 2 is 2.19 bits per heavy atom. The van der Waals surface area contributed by atoms with Crippen LogP contribution in [0.2, 0.25) is 0 Å². The Balaban J connectivity index is 2.37. The van der Waals surface area contributed by atoms with E-state index >= 15 is 0 Å². The van der Waals surface area contributed by atoms with Crippen molar-refractivity contribution in [2.45, 2.75) is 12.5 Å². The van der Waals surface area contributed by atoms with Gasteiger partial charge >= 0.3 is 0 Å². The first-order chi connectivity index (χ1) is 7.55. The molecule has 0 amide bonds. The lowest BCUT2D eigenvalue weighted by atomic mass is 9.92. The number of carbonyl (C=O) groups is 1. The van der Waals surface area contributed by atoms with E-state index in [2.05, 4.69) is 0 Å². The van der Waals surface area contributed by atoms with Gasteiger partial charge in [-0.3, -0.25) is 4.79 Å². The Morgan fingerprint density at radius 3 is 2.88 bits per heavy atom. The molecule has 2 rings (SSSR count). The summed E-state index contributed by atoms with van der Waals surface area (Å²) in [5.41, 5.74) is -1.15. The van der Waals surface area contributed by atoms with Crippen LogP contribution >= 0.6 is 11.6 Å². The van der Waals surface area contributed by atoms with E-state index in [-0.39, 0.29) is 12.7 Å². The highest BCUT2D eigenvalue weighted by molar-refractivity contribution is 6.28. The number of ether oxygens (including phenoxy) is 2. The molecule has 0 radical (unpaired) electrons. The molecular weight excluding hydrogens is 232 g/mol. The Kier molecular flexibility index (Phi) is 2.78. The minimum absolute atomic E-state index is 0.157. The molecule has 1 heterocycles. The number of rotatable bonds is 3. The highest BCUT2D eigenvalue weighted by Crippen LogP contribution is 2.36. The van der Waals surface area contributed by atoms with Crippen LogP contribution in [0, 0.1) is 0 Å². The molecule has 86 valence electrons.